The molecule has 0 aliphatic carbocycles. The van der Waals surface area contributed by atoms with Crippen molar-refractivity contribution in [2.24, 2.45) is 0 Å². The van der Waals surface area contributed by atoms with Crippen LogP contribution in [-0.4, -0.2) is 35.6 Å². The van der Waals surface area contributed by atoms with Gasteiger partial charge >= 0.3 is 0 Å². The van der Waals surface area contributed by atoms with E-state index in [4.69, 9.17) is 4.74 Å². The molecule has 4 nitrogen and oxygen atoms in total. The van der Waals surface area contributed by atoms with E-state index in [1.54, 1.807) is 0 Å². The summed E-state index contributed by atoms with van der Waals surface area (Å²) in [6, 6.07) is 0.398. The molecule has 1 aromatic rings. The largest absolute Gasteiger partial charge is 0.377 e. The van der Waals surface area contributed by atoms with E-state index in [1.807, 2.05) is 10.9 Å². The Morgan fingerprint density at radius 1 is 1.69 bits per heavy atom. The number of aryl methyl sites for hydroxylation is 1. The van der Waals surface area contributed by atoms with Crippen molar-refractivity contribution < 1.29 is 4.74 Å². The Labute approximate surface area is 97.0 Å². The molecule has 1 aromatic heterocycles. The predicted molar refractivity (Wildman–Crippen MR) is 63.5 cm³/mol. The molecule has 1 saturated heterocycles. The molecule has 1 N–H and O–H groups in total. The fourth-order valence-electron chi connectivity index (χ4n) is 2.03. The summed E-state index contributed by atoms with van der Waals surface area (Å²) in [6.45, 7) is 7.08. The predicted octanol–water partition coefficient (Wildman–Crippen LogP) is 1.52. The lowest BCUT2D eigenvalue weighted by Gasteiger charge is -2.15. The summed E-state index contributed by atoms with van der Waals surface area (Å²) in [5.74, 6) is 0. The second-order valence-electron chi connectivity index (χ2n) is 4.64. The Balaban J connectivity index is 1.69. The van der Waals surface area contributed by atoms with Crippen molar-refractivity contribution in [3.8, 4) is 0 Å². The molecule has 2 atom stereocenters. The average molecular weight is 223 g/mol. The molecule has 90 valence electrons. The topological polar surface area (TPSA) is 39.1 Å². The van der Waals surface area contributed by atoms with E-state index >= 15 is 0 Å². The van der Waals surface area contributed by atoms with Gasteiger partial charge in [-0.2, -0.15) is 5.10 Å². The lowest BCUT2D eigenvalue weighted by molar-refractivity contribution is 0.109. The third kappa shape index (κ3) is 3.06. The first-order chi connectivity index (χ1) is 7.75. The van der Waals surface area contributed by atoms with Crippen molar-refractivity contribution in [2.75, 3.05) is 19.7 Å². The van der Waals surface area contributed by atoms with Gasteiger partial charge in [-0.3, -0.25) is 4.68 Å². The molecule has 0 saturated carbocycles. The summed E-state index contributed by atoms with van der Waals surface area (Å²) >= 11 is 0. The van der Waals surface area contributed by atoms with Crippen molar-refractivity contribution >= 4 is 0 Å². The van der Waals surface area contributed by atoms with Gasteiger partial charge in [-0.25, -0.2) is 0 Å². The average Bonchev–Trinajstić information content (AvgIpc) is 2.89. The van der Waals surface area contributed by atoms with Crippen LogP contribution >= 0.6 is 0 Å². The van der Waals surface area contributed by atoms with Crippen LogP contribution in [0.3, 0.4) is 0 Å². The smallest absolute Gasteiger partial charge is 0.0700 e. The Morgan fingerprint density at radius 3 is 3.19 bits per heavy atom. The summed E-state index contributed by atoms with van der Waals surface area (Å²) in [5, 5.41) is 7.76. The van der Waals surface area contributed by atoms with Crippen molar-refractivity contribution in [1.82, 2.24) is 15.1 Å². The van der Waals surface area contributed by atoms with Gasteiger partial charge in [-0.15, -0.1) is 0 Å². The molecular formula is C12H21N3O. The fraction of sp³-hybridized carbons (Fsp3) is 0.750. The number of nitrogens with one attached hydrogen (secondary N) is 1. The minimum Gasteiger partial charge on any atom is -0.377 e. The number of aromatic nitrogens is 2. The van der Waals surface area contributed by atoms with E-state index in [-0.39, 0.29) is 0 Å². The summed E-state index contributed by atoms with van der Waals surface area (Å²) < 4.78 is 7.57. The van der Waals surface area contributed by atoms with Gasteiger partial charge < -0.3 is 10.1 Å². The molecule has 1 aliphatic rings. The first-order valence-corrected chi connectivity index (χ1v) is 6.09. The van der Waals surface area contributed by atoms with Gasteiger partial charge in [0.2, 0.25) is 0 Å². The maximum Gasteiger partial charge on any atom is 0.0700 e. The van der Waals surface area contributed by atoms with E-state index in [9.17, 15) is 0 Å². The minimum atomic E-state index is 0.398. The molecular weight excluding hydrogens is 202 g/mol. The highest BCUT2D eigenvalue weighted by Crippen LogP contribution is 2.11. The van der Waals surface area contributed by atoms with Gasteiger partial charge in [0.15, 0.2) is 0 Å². The standard InChI is InChI=1S/C12H21N3O/c1-10-6-14-15(9-10)11(2)7-13-8-12-4-3-5-16-12/h6,9,11-13H,3-5,7-8H2,1-2H3. The van der Waals surface area contributed by atoms with Crippen molar-refractivity contribution in [2.45, 2.75) is 38.8 Å². The van der Waals surface area contributed by atoms with E-state index in [1.165, 1.54) is 18.4 Å². The molecule has 16 heavy (non-hydrogen) atoms. The lowest BCUT2D eigenvalue weighted by Crippen LogP contribution is -2.31. The lowest BCUT2D eigenvalue weighted by atomic mass is 10.2. The summed E-state index contributed by atoms with van der Waals surface area (Å²) in [5.41, 5.74) is 1.21. The van der Waals surface area contributed by atoms with Crippen LogP contribution in [0.2, 0.25) is 0 Å². The van der Waals surface area contributed by atoms with Gasteiger partial charge in [0.1, 0.15) is 0 Å². The first kappa shape index (κ1) is 11.6. The zero-order valence-electron chi connectivity index (χ0n) is 10.1. The highest BCUT2D eigenvalue weighted by Gasteiger charge is 2.15. The van der Waals surface area contributed by atoms with Crippen LogP contribution in [0.5, 0.6) is 0 Å². The molecule has 0 aromatic carbocycles. The molecule has 0 bridgehead atoms. The second-order valence-corrected chi connectivity index (χ2v) is 4.64. The van der Waals surface area contributed by atoms with Crippen LogP contribution < -0.4 is 5.32 Å². The van der Waals surface area contributed by atoms with E-state index in [0.29, 0.717) is 12.1 Å². The SMILES string of the molecule is Cc1cnn(C(C)CNCC2CCCO2)c1. The van der Waals surface area contributed by atoms with Crippen molar-refractivity contribution in [3.05, 3.63) is 18.0 Å². The number of ether oxygens (including phenoxy) is 1. The molecule has 2 heterocycles. The number of hydrogen-bond acceptors (Lipinski definition) is 3. The zero-order chi connectivity index (χ0) is 11.4. The zero-order valence-corrected chi connectivity index (χ0v) is 10.1. The van der Waals surface area contributed by atoms with Crippen LogP contribution in [0.25, 0.3) is 0 Å². The first-order valence-electron chi connectivity index (χ1n) is 6.09. The number of hydrogen-bond donors (Lipinski definition) is 1. The van der Waals surface area contributed by atoms with E-state index < -0.39 is 0 Å². The summed E-state index contributed by atoms with van der Waals surface area (Å²) in [4.78, 5) is 0. The monoisotopic (exact) mass is 223 g/mol. The molecule has 2 rings (SSSR count). The van der Waals surface area contributed by atoms with Gasteiger partial charge in [0, 0.05) is 25.9 Å². The van der Waals surface area contributed by atoms with Crippen LogP contribution in [-0.2, 0) is 4.74 Å². The van der Waals surface area contributed by atoms with Gasteiger partial charge in [-0.1, -0.05) is 0 Å². The summed E-state index contributed by atoms with van der Waals surface area (Å²) in [6.07, 6.45) is 6.81. The van der Waals surface area contributed by atoms with E-state index in [2.05, 4.69) is 30.5 Å². The van der Waals surface area contributed by atoms with Gasteiger partial charge in [0.25, 0.3) is 0 Å². The maximum absolute atomic E-state index is 5.56. The quantitative estimate of drug-likeness (QED) is 0.822. The molecule has 2 unspecified atom stereocenters. The molecule has 0 radical (unpaired) electrons. The molecule has 4 heteroatoms. The molecule has 1 fully saturated rings. The van der Waals surface area contributed by atoms with Crippen molar-refractivity contribution in [1.29, 1.82) is 0 Å². The van der Waals surface area contributed by atoms with Crippen LogP contribution in [0.15, 0.2) is 12.4 Å². The van der Waals surface area contributed by atoms with Crippen LogP contribution in [0.4, 0.5) is 0 Å². The Kier molecular flexibility index (Phi) is 3.96. The number of nitrogens with zero attached hydrogens (tertiary/aromatic N) is 2. The van der Waals surface area contributed by atoms with Crippen LogP contribution in [0, 0.1) is 6.92 Å². The van der Waals surface area contributed by atoms with Gasteiger partial charge in [0.05, 0.1) is 18.3 Å². The molecule has 1 aliphatic heterocycles. The van der Waals surface area contributed by atoms with Gasteiger partial charge in [-0.05, 0) is 32.3 Å². The molecule has 0 amide bonds. The maximum atomic E-state index is 5.56. The third-order valence-corrected chi connectivity index (χ3v) is 3.02. The molecule has 0 spiro atoms. The highest BCUT2D eigenvalue weighted by atomic mass is 16.5. The third-order valence-electron chi connectivity index (χ3n) is 3.02. The second kappa shape index (κ2) is 5.46. The number of rotatable bonds is 5. The minimum absolute atomic E-state index is 0.398. The van der Waals surface area contributed by atoms with E-state index in [0.717, 1.165) is 19.7 Å². The summed E-state index contributed by atoms with van der Waals surface area (Å²) in [7, 11) is 0. The highest BCUT2D eigenvalue weighted by molar-refractivity contribution is 5.00. The van der Waals surface area contributed by atoms with Crippen LogP contribution in [0.1, 0.15) is 31.4 Å². The fourth-order valence-corrected chi connectivity index (χ4v) is 2.03. The normalized spacial score (nSPS) is 22.5. The Bertz CT molecular complexity index is 318. The van der Waals surface area contributed by atoms with Crippen molar-refractivity contribution in [3.63, 3.8) is 0 Å². The Hall–Kier alpha value is -0.870. The Morgan fingerprint density at radius 2 is 2.56 bits per heavy atom.